The van der Waals surface area contributed by atoms with E-state index in [1.807, 2.05) is 30.3 Å². The van der Waals surface area contributed by atoms with E-state index in [0.29, 0.717) is 27.2 Å². The summed E-state index contributed by atoms with van der Waals surface area (Å²) in [6.45, 7) is 2.39. The highest BCUT2D eigenvalue weighted by atomic mass is 35.5. The molecular weight excluding hydrogens is 501 g/mol. The van der Waals surface area contributed by atoms with Gasteiger partial charge in [-0.2, -0.15) is 0 Å². The lowest BCUT2D eigenvalue weighted by molar-refractivity contribution is -0.124. The number of amides is 3. The van der Waals surface area contributed by atoms with E-state index in [1.165, 1.54) is 40.4 Å². The molecule has 2 aromatic rings. The predicted octanol–water partition coefficient (Wildman–Crippen LogP) is 5.00. The smallest absolute Gasteiger partial charge is 0.271 e. The molecule has 2 N–H and O–H groups in total. The van der Waals surface area contributed by atoms with Crippen molar-refractivity contribution in [3.8, 4) is 0 Å². The van der Waals surface area contributed by atoms with Gasteiger partial charge in [0.1, 0.15) is 4.32 Å². The molecule has 1 fully saturated rings. The van der Waals surface area contributed by atoms with E-state index >= 15 is 0 Å². The van der Waals surface area contributed by atoms with Gasteiger partial charge in [-0.05, 0) is 48.2 Å². The Balaban J connectivity index is 1.47. The van der Waals surface area contributed by atoms with Gasteiger partial charge in [0.05, 0.1) is 15.5 Å². The van der Waals surface area contributed by atoms with Gasteiger partial charge in [0.15, 0.2) is 0 Å². The number of benzene rings is 2. The van der Waals surface area contributed by atoms with Gasteiger partial charge in [0.2, 0.25) is 5.91 Å². The molecular formula is C23H21Cl2N3O3S2. The predicted molar refractivity (Wildman–Crippen MR) is 137 cm³/mol. The largest absolute Gasteiger partial charge is 0.293 e. The van der Waals surface area contributed by atoms with Crippen LogP contribution in [0.25, 0.3) is 6.08 Å². The highest BCUT2D eigenvalue weighted by Crippen LogP contribution is 2.32. The van der Waals surface area contributed by atoms with Crippen LogP contribution in [0.1, 0.15) is 41.3 Å². The topological polar surface area (TPSA) is 78.5 Å². The minimum Gasteiger partial charge on any atom is -0.293 e. The Bertz CT molecular complexity index is 1120. The van der Waals surface area contributed by atoms with Gasteiger partial charge in [0, 0.05) is 18.0 Å². The van der Waals surface area contributed by atoms with E-state index in [1.54, 1.807) is 0 Å². The number of hydrazine groups is 1. The number of rotatable bonds is 7. The summed E-state index contributed by atoms with van der Waals surface area (Å²) in [5.41, 5.74) is 7.00. The third-order valence-electron chi connectivity index (χ3n) is 4.84. The van der Waals surface area contributed by atoms with Crippen molar-refractivity contribution >= 4 is 75.3 Å². The molecule has 0 atom stereocenters. The normalized spacial score (nSPS) is 14.6. The third-order valence-corrected chi connectivity index (χ3v) is 6.76. The summed E-state index contributed by atoms with van der Waals surface area (Å²) >= 11 is 18.4. The molecule has 0 radical (unpaired) electrons. The third kappa shape index (κ3) is 6.80. The molecule has 172 valence electrons. The lowest BCUT2D eigenvalue weighted by Gasteiger charge is -2.14. The maximum atomic E-state index is 12.7. The van der Waals surface area contributed by atoms with E-state index in [0.717, 1.165) is 12.0 Å². The van der Waals surface area contributed by atoms with E-state index in [9.17, 15) is 14.4 Å². The summed E-state index contributed by atoms with van der Waals surface area (Å²) < 4.78 is 0.461. The molecule has 10 heteroatoms. The van der Waals surface area contributed by atoms with Gasteiger partial charge in [-0.15, -0.1) is 0 Å². The zero-order valence-corrected chi connectivity index (χ0v) is 20.8. The van der Waals surface area contributed by atoms with Gasteiger partial charge >= 0.3 is 0 Å². The molecule has 0 aliphatic carbocycles. The summed E-state index contributed by atoms with van der Waals surface area (Å²) in [5, 5.41) is 0.582. The fourth-order valence-corrected chi connectivity index (χ4v) is 4.82. The van der Waals surface area contributed by atoms with E-state index in [2.05, 4.69) is 17.8 Å². The lowest BCUT2D eigenvalue weighted by Crippen LogP contribution is -2.42. The van der Waals surface area contributed by atoms with Crippen molar-refractivity contribution in [1.29, 1.82) is 0 Å². The average Bonchev–Trinajstić information content (AvgIpc) is 3.05. The van der Waals surface area contributed by atoms with Crippen LogP contribution in [0.15, 0.2) is 47.4 Å². The second-order valence-electron chi connectivity index (χ2n) is 7.16. The Morgan fingerprint density at radius 2 is 1.85 bits per heavy atom. The number of halogens is 2. The Labute approximate surface area is 211 Å². The van der Waals surface area contributed by atoms with Gasteiger partial charge in [-0.1, -0.05) is 78.4 Å². The van der Waals surface area contributed by atoms with Crippen molar-refractivity contribution in [2.75, 3.05) is 6.54 Å². The quantitative estimate of drug-likeness (QED) is 0.304. The fraction of sp³-hybridized carbons (Fsp3) is 0.217. The van der Waals surface area contributed by atoms with Crippen LogP contribution in [-0.2, 0) is 16.0 Å². The highest BCUT2D eigenvalue weighted by Gasteiger charge is 2.31. The minimum atomic E-state index is -0.556. The number of nitrogens with zero attached hydrogens (tertiary/aromatic N) is 1. The summed E-state index contributed by atoms with van der Waals surface area (Å²) in [6, 6.07) is 12.4. The second-order valence-corrected chi connectivity index (χ2v) is 9.68. The standard InChI is InChI=1S/C23H21Cl2N3O3S2/c1-2-14-5-7-15(8-6-14)12-19-22(31)28(23(32)33-19)11-3-4-20(29)26-27-21(30)17-10-9-16(24)13-18(17)25/h5-10,12-13H,2-4,11H2,1H3,(H,26,29)(H,27,30)/b19-12-. The minimum absolute atomic E-state index is 0.100. The molecule has 0 spiro atoms. The van der Waals surface area contributed by atoms with Crippen LogP contribution in [0.2, 0.25) is 10.0 Å². The molecule has 2 aromatic carbocycles. The van der Waals surface area contributed by atoms with Crippen molar-refractivity contribution < 1.29 is 14.4 Å². The molecule has 3 rings (SSSR count). The Hall–Kier alpha value is -2.39. The molecule has 6 nitrogen and oxygen atoms in total. The highest BCUT2D eigenvalue weighted by molar-refractivity contribution is 8.26. The van der Waals surface area contributed by atoms with Crippen LogP contribution in [0.5, 0.6) is 0 Å². The van der Waals surface area contributed by atoms with Crippen molar-refractivity contribution in [3.63, 3.8) is 0 Å². The Morgan fingerprint density at radius 3 is 2.52 bits per heavy atom. The average molecular weight is 522 g/mol. The number of thioether (sulfide) groups is 1. The van der Waals surface area contributed by atoms with Crippen LogP contribution in [-0.4, -0.2) is 33.5 Å². The molecule has 1 saturated heterocycles. The van der Waals surface area contributed by atoms with Crippen LogP contribution in [0.3, 0.4) is 0 Å². The number of hydrogen-bond donors (Lipinski definition) is 2. The number of nitrogens with one attached hydrogen (secondary N) is 2. The maximum Gasteiger partial charge on any atom is 0.271 e. The molecule has 1 aliphatic rings. The molecule has 0 bridgehead atoms. The number of thiocarbonyl (C=S) groups is 1. The van der Waals surface area contributed by atoms with Crippen LogP contribution >= 0.6 is 47.2 Å². The molecule has 3 amide bonds. The number of hydrogen-bond acceptors (Lipinski definition) is 5. The zero-order chi connectivity index (χ0) is 24.0. The SMILES string of the molecule is CCc1ccc(/C=C2\SC(=S)N(CCCC(=O)NNC(=O)c3ccc(Cl)cc3Cl)C2=O)cc1. The van der Waals surface area contributed by atoms with E-state index in [4.69, 9.17) is 35.4 Å². The molecule has 0 saturated carbocycles. The van der Waals surface area contributed by atoms with Crippen molar-refractivity contribution in [2.45, 2.75) is 26.2 Å². The number of aryl methyl sites for hydroxylation is 1. The molecule has 0 aromatic heterocycles. The van der Waals surface area contributed by atoms with E-state index in [-0.39, 0.29) is 22.9 Å². The summed E-state index contributed by atoms with van der Waals surface area (Å²) in [6.07, 6.45) is 3.26. The molecule has 1 aliphatic heterocycles. The van der Waals surface area contributed by atoms with E-state index < -0.39 is 11.8 Å². The number of carbonyl (C=O) groups is 3. The van der Waals surface area contributed by atoms with Crippen molar-refractivity contribution in [1.82, 2.24) is 15.8 Å². The zero-order valence-electron chi connectivity index (χ0n) is 17.7. The summed E-state index contributed by atoms with van der Waals surface area (Å²) in [7, 11) is 0. The van der Waals surface area contributed by atoms with Gasteiger partial charge in [0.25, 0.3) is 11.8 Å². The van der Waals surface area contributed by atoms with Gasteiger partial charge in [-0.25, -0.2) is 0 Å². The first kappa shape index (κ1) is 25.2. The van der Waals surface area contributed by atoms with Crippen LogP contribution in [0.4, 0.5) is 0 Å². The monoisotopic (exact) mass is 521 g/mol. The Morgan fingerprint density at radius 1 is 1.12 bits per heavy atom. The maximum absolute atomic E-state index is 12.7. The summed E-state index contributed by atoms with van der Waals surface area (Å²) in [4.78, 5) is 39.0. The van der Waals surface area contributed by atoms with Crippen LogP contribution in [0, 0.1) is 0 Å². The summed E-state index contributed by atoms with van der Waals surface area (Å²) in [5.74, 6) is -1.12. The first-order valence-electron chi connectivity index (χ1n) is 10.2. The first-order valence-corrected chi connectivity index (χ1v) is 12.1. The van der Waals surface area contributed by atoms with Crippen LogP contribution < -0.4 is 10.9 Å². The Kier molecular flexibility index (Phi) is 8.91. The van der Waals surface area contributed by atoms with Crippen molar-refractivity contribution in [3.05, 3.63) is 74.1 Å². The van der Waals surface area contributed by atoms with Gasteiger partial charge < -0.3 is 0 Å². The first-order chi connectivity index (χ1) is 15.8. The molecule has 1 heterocycles. The van der Waals surface area contributed by atoms with Gasteiger partial charge in [-0.3, -0.25) is 30.1 Å². The molecule has 0 unspecified atom stereocenters. The molecule has 33 heavy (non-hydrogen) atoms. The fourth-order valence-electron chi connectivity index (χ4n) is 3.02. The lowest BCUT2D eigenvalue weighted by atomic mass is 10.1. The second kappa shape index (κ2) is 11.7. The van der Waals surface area contributed by atoms with Crippen molar-refractivity contribution in [2.24, 2.45) is 0 Å². The number of carbonyl (C=O) groups excluding carboxylic acids is 3.